The Balaban J connectivity index is 2.61. The SMILES string of the molecule is CC1(C)COC(C([C]=O)C(=O)C=O)OC1. The maximum atomic E-state index is 11.0. The van der Waals surface area contributed by atoms with E-state index in [4.69, 9.17) is 9.47 Å². The van der Waals surface area contributed by atoms with Gasteiger partial charge in [0.2, 0.25) is 12.1 Å². The molecule has 1 heterocycles. The Bertz CT molecular complexity index is 261. The van der Waals surface area contributed by atoms with Crippen LogP contribution in [0.15, 0.2) is 0 Å². The number of aldehydes is 1. The number of hydrogen-bond donors (Lipinski definition) is 0. The lowest BCUT2D eigenvalue weighted by atomic mass is 9.94. The van der Waals surface area contributed by atoms with Crippen molar-refractivity contribution in [2.45, 2.75) is 20.1 Å². The van der Waals surface area contributed by atoms with Gasteiger partial charge in [0.15, 0.2) is 12.6 Å². The van der Waals surface area contributed by atoms with Crippen LogP contribution in [0.4, 0.5) is 0 Å². The van der Waals surface area contributed by atoms with Crippen molar-refractivity contribution >= 4 is 18.4 Å². The highest BCUT2D eigenvalue weighted by atomic mass is 16.7. The molecule has 1 saturated heterocycles. The Morgan fingerprint density at radius 1 is 1.47 bits per heavy atom. The van der Waals surface area contributed by atoms with Gasteiger partial charge in [0.25, 0.3) is 0 Å². The van der Waals surface area contributed by atoms with Crippen LogP contribution in [0.3, 0.4) is 0 Å². The zero-order chi connectivity index (χ0) is 11.5. The highest BCUT2D eigenvalue weighted by Gasteiger charge is 2.36. The first-order valence-corrected chi connectivity index (χ1v) is 4.60. The van der Waals surface area contributed by atoms with Crippen molar-refractivity contribution in [1.29, 1.82) is 0 Å². The third-order valence-corrected chi connectivity index (χ3v) is 2.10. The summed E-state index contributed by atoms with van der Waals surface area (Å²) in [5.74, 6) is -2.13. The second kappa shape index (κ2) is 4.63. The average Bonchev–Trinajstić information content (AvgIpc) is 2.21. The topological polar surface area (TPSA) is 69.7 Å². The third kappa shape index (κ3) is 2.94. The van der Waals surface area contributed by atoms with Gasteiger partial charge in [-0.05, 0) is 0 Å². The molecule has 0 saturated carbocycles. The molecule has 15 heavy (non-hydrogen) atoms. The first kappa shape index (κ1) is 12.0. The van der Waals surface area contributed by atoms with Crippen molar-refractivity contribution in [1.82, 2.24) is 0 Å². The van der Waals surface area contributed by atoms with Crippen LogP contribution >= 0.6 is 0 Å². The molecule has 0 amide bonds. The minimum Gasteiger partial charge on any atom is -0.351 e. The molecule has 0 aromatic heterocycles. The highest BCUT2D eigenvalue weighted by molar-refractivity contribution is 6.29. The van der Waals surface area contributed by atoms with Crippen LogP contribution in [-0.4, -0.2) is 37.9 Å². The molecular weight excluding hydrogens is 200 g/mol. The molecule has 5 heteroatoms. The fourth-order valence-corrected chi connectivity index (χ4v) is 1.22. The summed E-state index contributed by atoms with van der Waals surface area (Å²) in [6.45, 7) is 4.62. The van der Waals surface area contributed by atoms with E-state index in [1.54, 1.807) is 0 Å². The molecule has 1 aliphatic heterocycles. The van der Waals surface area contributed by atoms with Crippen LogP contribution in [0.25, 0.3) is 0 Å². The van der Waals surface area contributed by atoms with Crippen LogP contribution in [0.1, 0.15) is 13.8 Å². The van der Waals surface area contributed by atoms with Crippen molar-refractivity contribution in [2.75, 3.05) is 13.2 Å². The minimum atomic E-state index is -1.27. The van der Waals surface area contributed by atoms with Gasteiger partial charge in [0.1, 0.15) is 5.92 Å². The van der Waals surface area contributed by atoms with E-state index in [1.165, 1.54) is 6.29 Å². The molecule has 0 bridgehead atoms. The Hall–Kier alpha value is -1.07. The van der Waals surface area contributed by atoms with E-state index in [-0.39, 0.29) is 11.7 Å². The van der Waals surface area contributed by atoms with E-state index in [1.807, 2.05) is 13.8 Å². The van der Waals surface area contributed by atoms with E-state index in [0.29, 0.717) is 13.2 Å². The molecule has 0 aromatic rings. The third-order valence-electron chi connectivity index (χ3n) is 2.10. The number of hydrogen-bond acceptors (Lipinski definition) is 5. The van der Waals surface area contributed by atoms with Gasteiger partial charge in [-0.2, -0.15) is 0 Å². The molecule has 1 atom stereocenters. The quantitative estimate of drug-likeness (QED) is 0.370. The van der Waals surface area contributed by atoms with Crippen LogP contribution in [-0.2, 0) is 23.9 Å². The number of carbonyl (C=O) groups excluding carboxylic acids is 3. The number of Topliss-reactive ketones (excluding diaryl/α,β-unsaturated/α-hetero) is 1. The first-order valence-electron chi connectivity index (χ1n) is 4.60. The van der Waals surface area contributed by atoms with Gasteiger partial charge < -0.3 is 9.47 Å². The summed E-state index contributed by atoms with van der Waals surface area (Å²) in [5.41, 5.74) is -0.145. The lowest BCUT2D eigenvalue weighted by Gasteiger charge is -2.35. The largest absolute Gasteiger partial charge is 0.351 e. The summed E-state index contributed by atoms with van der Waals surface area (Å²) in [5, 5.41) is 0. The molecule has 1 radical (unpaired) electrons. The molecular formula is C10H13O5. The lowest BCUT2D eigenvalue weighted by Crippen LogP contribution is -2.44. The van der Waals surface area contributed by atoms with Crippen LogP contribution < -0.4 is 0 Å². The number of ether oxygens (including phenoxy) is 2. The van der Waals surface area contributed by atoms with Gasteiger partial charge >= 0.3 is 0 Å². The zero-order valence-corrected chi connectivity index (χ0v) is 8.69. The van der Waals surface area contributed by atoms with Crippen LogP contribution in [0, 0.1) is 11.3 Å². The van der Waals surface area contributed by atoms with Crippen molar-refractivity contribution in [3.05, 3.63) is 0 Å². The molecule has 5 nitrogen and oxygen atoms in total. The average molecular weight is 213 g/mol. The second-order valence-corrected chi connectivity index (χ2v) is 4.27. The predicted molar refractivity (Wildman–Crippen MR) is 49.7 cm³/mol. The van der Waals surface area contributed by atoms with Gasteiger partial charge in [-0.25, -0.2) is 0 Å². The highest BCUT2D eigenvalue weighted by Crippen LogP contribution is 2.25. The summed E-state index contributed by atoms with van der Waals surface area (Å²) in [6.07, 6.45) is 0.576. The Morgan fingerprint density at radius 3 is 2.40 bits per heavy atom. The molecule has 1 aliphatic rings. The van der Waals surface area contributed by atoms with E-state index in [2.05, 4.69) is 0 Å². The van der Waals surface area contributed by atoms with Crippen molar-refractivity contribution < 1.29 is 23.9 Å². The van der Waals surface area contributed by atoms with E-state index in [9.17, 15) is 14.4 Å². The Morgan fingerprint density at radius 2 is 2.00 bits per heavy atom. The van der Waals surface area contributed by atoms with Gasteiger partial charge in [-0.1, -0.05) is 13.8 Å². The molecule has 83 valence electrons. The summed E-state index contributed by atoms with van der Waals surface area (Å²) in [4.78, 5) is 31.8. The number of ketones is 1. The summed E-state index contributed by atoms with van der Waals surface area (Å²) in [7, 11) is 0. The van der Waals surface area contributed by atoms with Crippen LogP contribution in [0.2, 0.25) is 0 Å². The lowest BCUT2D eigenvalue weighted by molar-refractivity contribution is -0.231. The normalized spacial score (nSPS) is 23.1. The molecule has 0 aliphatic carbocycles. The van der Waals surface area contributed by atoms with Crippen molar-refractivity contribution in [2.24, 2.45) is 11.3 Å². The van der Waals surface area contributed by atoms with Gasteiger partial charge in [0, 0.05) is 5.41 Å². The Kier molecular flexibility index (Phi) is 3.71. The van der Waals surface area contributed by atoms with E-state index >= 15 is 0 Å². The fourth-order valence-electron chi connectivity index (χ4n) is 1.22. The van der Waals surface area contributed by atoms with Gasteiger partial charge in [-0.15, -0.1) is 0 Å². The van der Waals surface area contributed by atoms with Gasteiger partial charge in [-0.3, -0.25) is 14.4 Å². The molecule has 1 fully saturated rings. The smallest absolute Gasteiger partial charge is 0.215 e. The maximum absolute atomic E-state index is 11.0. The molecule has 1 unspecified atom stereocenters. The summed E-state index contributed by atoms with van der Waals surface area (Å²) >= 11 is 0. The minimum absolute atomic E-state index is 0.0854. The zero-order valence-electron chi connectivity index (χ0n) is 8.69. The van der Waals surface area contributed by atoms with Gasteiger partial charge in [0.05, 0.1) is 13.2 Å². The molecule has 1 rings (SSSR count). The van der Waals surface area contributed by atoms with Crippen LogP contribution in [0.5, 0.6) is 0 Å². The van der Waals surface area contributed by atoms with Crippen molar-refractivity contribution in [3.8, 4) is 0 Å². The second-order valence-electron chi connectivity index (χ2n) is 4.27. The molecule has 0 N–H and O–H groups in total. The summed E-state index contributed by atoms with van der Waals surface area (Å²) in [6, 6.07) is 0. The number of rotatable bonds is 4. The molecule has 0 aromatic carbocycles. The molecule has 0 spiro atoms. The maximum Gasteiger partial charge on any atom is 0.215 e. The predicted octanol–water partition coefficient (Wildman–Crippen LogP) is -0.121. The monoisotopic (exact) mass is 213 g/mol. The summed E-state index contributed by atoms with van der Waals surface area (Å²) < 4.78 is 10.4. The van der Waals surface area contributed by atoms with E-state index < -0.39 is 18.0 Å². The van der Waals surface area contributed by atoms with Crippen molar-refractivity contribution in [3.63, 3.8) is 0 Å². The fraction of sp³-hybridized carbons (Fsp3) is 0.700. The standard InChI is InChI=1S/C10H13O5/c1-10(2)5-14-9(15-6-10)7(3-11)8(13)4-12/h4,7,9H,5-6H2,1-2H3. The first-order chi connectivity index (χ1) is 7.00. The van der Waals surface area contributed by atoms with E-state index in [0.717, 1.165) is 0 Å². The Labute approximate surface area is 87.7 Å². The number of carbonyl (C=O) groups is 2.